The Kier molecular flexibility index (Phi) is 6.39. The molecule has 1 fully saturated rings. The van der Waals surface area contributed by atoms with Crippen LogP contribution in [0.3, 0.4) is 0 Å². The zero-order chi connectivity index (χ0) is 20.1. The van der Waals surface area contributed by atoms with Gasteiger partial charge in [0, 0.05) is 32.3 Å². The Morgan fingerprint density at radius 1 is 1.04 bits per heavy atom. The van der Waals surface area contributed by atoms with E-state index in [0.717, 1.165) is 18.7 Å². The van der Waals surface area contributed by atoms with Crippen LogP contribution in [0.2, 0.25) is 5.02 Å². The third kappa shape index (κ3) is 5.13. The summed E-state index contributed by atoms with van der Waals surface area (Å²) in [5.74, 6) is -0.0369. The molecule has 1 amide bonds. The van der Waals surface area contributed by atoms with Crippen LogP contribution in [-0.2, 0) is 14.8 Å². The first-order valence-corrected chi connectivity index (χ1v) is 10.7. The monoisotopic (exact) mass is 419 g/mol. The molecule has 1 aliphatic heterocycles. The number of carbonyl (C=O) groups is 1. The third-order valence-electron chi connectivity index (χ3n) is 4.54. The second-order valence-corrected chi connectivity index (χ2v) is 8.71. The first-order valence-electron chi connectivity index (χ1n) is 8.88. The number of hydrogen-bond donors (Lipinski definition) is 1. The lowest BCUT2D eigenvalue weighted by molar-refractivity contribution is -0.127. The van der Waals surface area contributed by atoms with E-state index in [0.29, 0.717) is 23.8 Å². The molecular weight excluding hydrogens is 398 g/mol. The van der Waals surface area contributed by atoms with Gasteiger partial charge in [0.2, 0.25) is 5.91 Å². The number of benzene rings is 2. The third-order valence-corrected chi connectivity index (χ3v) is 6.25. The molecule has 3 rings (SSSR count). The summed E-state index contributed by atoms with van der Waals surface area (Å²) < 4.78 is 27.5. The van der Waals surface area contributed by atoms with Crippen LogP contribution in [0.1, 0.15) is 5.56 Å². The van der Waals surface area contributed by atoms with Crippen molar-refractivity contribution in [2.24, 2.45) is 0 Å². The molecule has 0 aromatic heterocycles. The molecule has 0 bridgehead atoms. The Bertz CT molecular complexity index is 966. The lowest BCUT2D eigenvalue weighted by atomic mass is 10.2. The number of nitrogens with one attached hydrogen (secondary N) is 1. The van der Waals surface area contributed by atoms with Crippen LogP contribution in [0.15, 0.2) is 59.5 Å². The van der Waals surface area contributed by atoms with E-state index >= 15 is 0 Å². The van der Waals surface area contributed by atoms with Crippen molar-refractivity contribution in [3.63, 3.8) is 0 Å². The molecule has 0 atom stereocenters. The van der Waals surface area contributed by atoms with Crippen LogP contribution >= 0.6 is 11.6 Å². The summed E-state index contributed by atoms with van der Waals surface area (Å²) in [6, 6.07) is 13.0. The highest BCUT2D eigenvalue weighted by atomic mass is 35.5. The number of sulfonamides is 1. The number of anilines is 1. The molecule has 2 aromatic rings. The van der Waals surface area contributed by atoms with Crippen molar-refractivity contribution in [1.82, 2.24) is 9.80 Å². The summed E-state index contributed by atoms with van der Waals surface area (Å²) in [7, 11) is -1.71. The number of piperazine rings is 1. The normalized spacial score (nSPS) is 15.7. The zero-order valence-electron chi connectivity index (χ0n) is 15.5. The molecule has 1 aliphatic rings. The predicted octanol–water partition coefficient (Wildman–Crippen LogP) is 2.93. The molecule has 148 valence electrons. The molecule has 0 unspecified atom stereocenters. The fourth-order valence-corrected chi connectivity index (χ4v) is 4.12. The number of hydrogen-bond acceptors (Lipinski definition) is 4. The first-order chi connectivity index (χ1) is 13.3. The first kappa shape index (κ1) is 20.4. The minimum absolute atomic E-state index is 0.0369. The SMILES string of the molecule is CN1CCN(C(=O)C=Cc2ccc(S(=O)(=O)Nc3ccccc3Cl)cc2)CC1. The van der Waals surface area contributed by atoms with Gasteiger partial charge < -0.3 is 9.80 Å². The van der Waals surface area contributed by atoms with Crippen LogP contribution in [-0.4, -0.2) is 57.4 Å². The molecule has 1 saturated heterocycles. The van der Waals surface area contributed by atoms with Crippen LogP contribution in [0, 0.1) is 0 Å². The molecule has 0 radical (unpaired) electrons. The number of amides is 1. The topological polar surface area (TPSA) is 69.7 Å². The largest absolute Gasteiger partial charge is 0.337 e. The number of likely N-dealkylation sites (N-methyl/N-ethyl adjacent to an activating group) is 1. The average Bonchev–Trinajstić information content (AvgIpc) is 2.69. The number of rotatable bonds is 5. The standard InChI is InChI=1S/C20H22ClN3O3S/c1-23-12-14-24(15-13-23)20(25)11-8-16-6-9-17(10-7-16)28(26,27)22-19-5-3-2-4-18(19)21/h2-11,22H,12-15H2,1H3. The summed E-state index contributed by atoms with van der Waals surface area (Å²) in [6.45, 7) is 3.16. The minimum Gasteiger partial charge on any atom is -0.337 e. The molecule has 1 heterocycles. The van der Waals surface area contributed by atoms with E-state index in [1.165, 1.54) is 18.2 Å². The van der Waals surface area contributed by atoms with Gasteiger partial charge in [0.05, 0.1) is 15.6 Å². The highest BCUT2D eigenvalue weighted by molar-refractivity contribution is 7.92. The van der Waals surface area contributed by atoms with Gasteiger partial charge in [-0.25, -0.2) is 8.42 Å². The van der Waals surface area contributed by atoms with E-state index < -0.39 is 10.0 Å². The number of carbonyl (C=O) groups excluding carboxylic acids is 1. The van der Waals surface area contributed by atoms with Crippen molar-refractivity contribution >= 4 is 39.3 Å². The Morgan fingerprint density at radius 2 is 1.68 bits per heavy atom. The maximum absolute atomic E-state index is 12.5. The fraction of sp³-hybridized carbons (Fsp3) is 0.250. The fourth-order valence-electron chi connectivity index (χ4n) is 2.81. The van der Waals surface area contributed by atoms with Gasteiger partial charge in [-0.1, -0.05) is 35.9 Å². The second-order valence-electron chi connectivity index (χ2n) is 6.62. The smallest absolute Gasteiger partial charge is 0.261 e. The van der Waals surface area contributed by atoms with Crippen molar-refractivity contribution in [2.75, 3.05) is 37.9 Å². The van der Waals surface area contributed by atoms with Crippen LogP contribution in [0.25, 0.3) is 6.08 Å². The molecule has 0 spiro atoms. The zero-order valence-corrected chi connectivity index (χ0v) is 17.1. The molecule has 28 heavy (non-hydrogen) atoms. The molecular formula is C20H22ClN3O3S. The Morgan fingerprint density at radius 3 is 2.32 bits per heavy atom. The Hall–Kier alpha value is -2.35. The van der Waals surface area contributed by atoms with E-state index in [4.69, 9.17) is 11.6 Å². The maximum atomic E-state index is 12.5. The van der Waals surface area contributed by atoms with E-state index in [9.17, 15) is 13.2 Å². The van der Waals surface area contributed by atoms with Gasteiger partial charge in [-0.2, -0.15) is 0 Å². The minimum atomic E-state index is -3.74. The lowest BCUT2D eigenvalue weighted by Gasteiger charge is -2.31. The summed E-state index contributed by atoms with van der Waals surface area (Å²) in [4.78, 5) is 16.4. The van der Waals surface area contributed by atoms with Crippen molar-refractivity contribution in [2.45, 2.75) is 4.90 Å². The Labute approximate surface area is 170 Å². The summed E-state index contributed by atoms with van der Waals surface area (Å²) >= 11 is 6.01. The molecule has 6 nitrogen and oxygen atoms in total. The van der Waals surface area contributed by atoms with Crippen molar-refractivity contribution in [3.05, 3.63) is 65.2 Å². The molecule has 0 saturated carbocycles. The lowest BCUT2D eigenvalue weighted by Crippen LogP contribution is -2.46. The predicted molar refractivity (Wildman–Crippen MR) is 112 cm³/mol. The Balaban J connectivity index is 1.66. The van der Waals surface area contributed by atoms with Crippen molar-refractivity contribution in [1.29, 1.82) is 0 Å². The van der Waals surface area contributed by atoms with Gasteiger partial charge >= 0.3 is 0 Å². The van der Waals surface area contributed by atoms with E-state index in [-0.39, 0.29) is 10.8 Å². The van der Waals surface area contributed by atoms with Crippen LogP contribution < -0.4 is 4.72 Å². The van der Waals surface area contributed by atoms with Crippen molar-refractivity contribution < 1.29 is 13.2 Å². The number of nitrogens with zero attached hydrogens (tertiary/aromatic N) is 2. The maximum Gasteiger partial charge on any atom is 0.261 e. The molecule has 8 heteroatoms. The van der Waals surface area contributed by atoms with Gasteiger partial charge in [0.1, 0.15) is 0 Å². The van der Waals surface area contributed by atoms with Gasteiger partial charge in [-0.15, -0.1) is 0 Å². The number of para-hydroxylation sites is 1. The van der Waals surface area contributed by atoms with Gasteiger partial charge in [0.15, 0.2) is 0 Å². The van der Waals surface area contributed by atoms with Crippen LogP contribution in [0.4, 0.5) is 5.69 Å². The molecule has 1 N–H and O–H groups in total. The summed E-state index contributed by atoms with van der Waals surface area (Å²) in [5, 5.41) is 0.327. The van der Waals surface area contributed by atoms with Gasteiger partial charge in [-0.05, 0) is 43.0 Å². The van der Waals surface area contributed by atoms with Gasteiger partial charge in [-0.3, -0.25) is 9.52 Å². The van der Waals surface area contributed by atoms with E-state index in [1.54, 1.807) is 42.5 Å². The van der Waals surface area contributed by atoms with E-state index in [1.807, 2.05) is 11.9 Å². The average molecular weight is 420 g/mol. The second kappa shape index (κ2) is 8.77. The van der Waals surface area contributed by atoms with Gasteiger partial charge in [0.25, 0.3) is 10.0 Å². The summed E-state index contributed by atoms with van der Waals surface area (Å²) in [5.41, 5.74) is 1.07. The number of halogens is 1. The quantitative estimate of drug-likeness (QED) is 0.756. The van der Waals surface area contributed by atoms with E-state index in [2.05, 4.69) is 9.62 Å². The highest BCUT2D eigenvalue weighted by Gasteiger charge is 2.17. The summed E-state index contributed by atoms with van der Waals surface area (Å²) in [6.07, 6.45) is 3.22. The molecule has 0 aliphatic carbocycles. The van der Waals surface area contributed by atoms with Crippen molar-refractivity contribution in [3.8, 4) is 0 Å². The molecule has 2 aromatic carbocycles. The highest BCUT2D eigenvalue weighted by Crippen LogP contribution is 2.24. The van der Waals surface area contributed by atoms with Crippen LogP contribution in [0.5, 0.6) is 0 Å².